The van der Waals surface area contributed by atoms with Gasteiger partial charge in [0.05, 0.1) is 0 Å². The second kappa shape index (κ2) is 3.80. The Morgan fingerprint density at radius 3 is 2.54 bits per heavy atom. The molecule has 3 heteroatoms. The van der Waals surface area contributed by atoms with E-state index in [4.69, 9.17) is 16.3 Å². The predicted molar refractivity (Wildman–Crippen MR) is 48.2 cm³/mol. The molecule has 0 radical (unpaired) electrons. The normalized spacial score (nSPS) is 22.2. The highest BCUT2D eigenvalue weighted by atomic mass is 16.5. The van der Waals surface area contributed by atoms with E-state index in [1.807, 2.05) is 0 Å². The van der Waals surface area contributed by atoms with Crippen molar-refractivity contribution in [3.63, 3.8) is 0 Å². The molecule has 13 heavy (non-hydrogen) atoms. The molecular formula is C10H14O3. The first kappa shape index (κ1) is 10.1. The Morgan fingerprint density at radius 2 is 2.15 bits per heavy atom. The highest BCUT2D eigenvalue weighted by Crippen LogP contribution is 2.33. The van der Waals surface area contributed by atoms with Crippen molar-refractivity contribution in [2.45, 2.75) is 44.3 Å². The summed E-state index contributed by atoms with van der Waals surface area (Å²) in [6.45, 7) is 1.51. The van der Waals surface area contributed by atoms with Gasteiger partial charge in [0.1, 0.15) is 5.60 Å². The van der Waals surface area contributed by atoms with Crippen LogP contribution in [-0.2, 0) is 9.53 Å². The van der Waals surface area contributed by atoms with Crippen molar-refractivity contribution in [1.82, 2.24) is 0 Å². The van der Waals surface area contributed by atoms with Crippen LogP contribution in [0.25, 0.3) is 0 Å². The van der Waals surface area contributed by atoms with Gasteiger partial charge in [-0.2, -0.15) is 0 Å². The summed E-state index contributed by atoms with van der Waals surface area (Å²) in [5, 5.41) is 8.66. The molecule has 0 bridgehead atoms. The second-order valence-corrected chi connectivity index (χ2v) is 3.44. The molecule has 1 aliphatic rings. The maximum Gasteiger partial charge on any atom is 0.332 e. The van der Waals surface area contributed by atoms with Crippen LogP contribution in [0.15, 0.2) is 0 Å². The minimum Gasteiger partial charge on any atom is -0.479 e. The summed E-state index contributed by atoms with van der Waals surface area (Å²) in [4.78, 5) is 10.6. The molecule has 72 valence electrons. The van der Waals surface area contributed by atoms with E-state index >= 15 is 0 Å². The molecular weight excluding hydrogens is 168 g/mol. The van der Waals surface area contributed by atoms with Gasteiger partial charge >= 0.3 is 5.97 Å². The summed E-state index contributed by atoms with van der Waals surface area (Å²) in [6, 6.07) is 0. The number of carbonyl (C=O) groups is 1. The number of aliphatic carboxylic acids is 1. The molecule has 1 atom stereocenters. The molecule has 1 N–H and O–H groups in total. The van der Waals surface area contributed by atoms with Gasteiger partial charge in [-0.05, 0) is 32.6 Å². The SMILES string of the molecule is C#CC1(OC(C)C(=O)O)CCCC1. The molecule has 1 fully saturated rings. The largest absolute Gasteiger partial charge is 0.479 e. The van der Waals surface area contributed by atoms with Crippen LogP contribution >= 0.6 is 0 Å². The molecule has 0 spiro atoms. The Hall–Kier alpha value is -1.01. The Labute approximate surface area is 78.1 Å². The zero-order chi connectivity index (χ0) is 9.90. The first-order chi connectivity index (χ1) is 6.09. The van der Waals surface area contributed by atoms with Gasteiger partial charge in [0.2, 0.25) is 0 Å². The highest BCUT2D eigenvalue weighted by Gasteiger charge is 2.35. The molecule has 1 aliphatic carbocycles. The van der Waals surface area contributed by atoms with Crippen LogP contribution in [-0.4, -0.2) is 22.8 Å². The van der Waals surface area contributed by atoms with Crippen molar-refractivity contribution in [2.24, 2.45) is 0 Å². The van der Waals surface area contributed by atoms with Crippen LogP contribution in [0, 0.1) is 12.3 Å². The lowest BCUT2D eigenvalue weighted by molar-refractivity contribution is -0.156. The Morgan fingerprint density at radius 1 is 1.62 bits per heavy atom. The molecule has 0 aromatic heterocycles. The molecule has 3 nitrogen and oxygen atoms in total. The molecule has 1 rings (SSSR count). The van der Waals surface area contributed by atoms with Crippen molar-refractivity contribution < 1.29 is 14.6 Å². The molecule has 0 heterocycles. The lowest BCUT2D eigenvalue weighted by Gasteiger charge is -2.25. The fourth-order valence-electron chi connectivity index (χ4n) is 1.63. The highest BCUT2D eigenvalue weighted by molar-refractivity contribution is 5.71. The zero-order valence-electron chi connectivity index (χ0n) is 7.75. The molecule has 0 aromatic rings. The van der Waals surface area contributed by atoms with E-state index in [9.17, 15) is 4.79 Å². The number of carboxylic acid groups (broad SMARTS) is 1. The van der Waals surface area contributed by atoms with Crippen LogP contribution in [0.4, 0.5) is 0 Å². The predicted octanol–water partition coefficient (Wildman–Crippen LogP) is 1.42. The van der Waals surface area contributed by atoms with Gasteiger partial charge < -0.3 is 9.84 Å². The number of rotatable bonds is 3. The molecule has 1 unspecified atom stereocenters. The third kappa shape index (κ3) is 2.22. The van der Waals surface area contributed by atoms with E-state index in [2.05, 4.69) is 5.92 Å². The lowest BCUT2D eigenvalue weighted by Crippen LogP contribution is -2.35. The molecule has 0 aliphatic heterocycles. The van der Waals surface area contributed by atoms with Gasteiger partial charge in [0.15, 0.2) is 6.10 Å². The monoisotopic (exact) mass is 182 g/mol. The molecule has 0 saturated heterocycles. The van der Waals surface area contributed by atoms with Gasteiger partial charge in [-0.15, -0.1) is 6.42 Å². The maximum absolute atomic E-state index is 10.6. The molecule has 0 amide bonds. The summed E-state index contributed by atoms with van der Waals surface area (Å²) < 4.78 is 5.37. The third-order valence-corrected chi connectivity index (χ3v) is 2.42. The Kier molecular flexibility index (Phi) is 2.94. The third-order valence-electron chi connectivity index (χ3n) is 2.42. The number of ether oxygens (including phenoxy) is 1. The minimum absolute atomic E-state index is 0.613. The molecule has 0 aromatic carbocycles. The second-order valence-electron chi connectivity index (χ2n) is 3.44. The van der Waals surface area contributed by atoms with Crippen LogP contribution in [0.5, 0.6) is 0 Å². The van der Waals surface area contributed by atoms with Crippen molar-refractivity contribution in [3.05, 3.63) is 0 Å². The minimum atomic E-state index is -0.957. The molecule has 1 saturated carbocycles. The van der Waals surface area contributed by atoms with Crippen molar-refractivity contribution in [2.75, 3.05) is 0 Å². The first-order valence-electron chi connectivity index (χ1n) is 4.48. The van der Waals surface area contributed by atoms with E-state index in [0.29, 0.717) is 0 Å². The van der Waals surface area contributed by atoms with Crippen molar-refractivity contribution in [1.29, 1.82) is 0 Å². The number of carboxylic acids is 1. The van der Waals surface area contributed by atoms with E-state index in [-0.39, 0.29) is 0 Å². The van der Waals surface area contributed by atoms with E-state index in [0.717, 1.165) is 25.7 Å². The summed E-state index contributed by atoms with van der Waals surface area (Å²) in [6.07, 6.45) is 8.14. The summed E-state index contributed by atoms with van der Waals surface area (Å²) >= 11 is 0. The Bertz CT molecular complexity index is 233. The fourth-order valence-corrected chi connectivity index (χ4v) is 1.63. The average Bonchev–Trinajstić information content (AvgIpc) is 2.54. The summed E-state index contributed by atoms with van der Waals surface area (Å²) in [5.74, 6) is 1.62. The lowest BCUT2D eigenvalue weighted by atomic mass is 10.0. The number of hydrogen-bond donors (Lipinski definition) is 1. The average molecular weight is 182 g/mol. The smallest absolute Gasteiger partial charge is 0.332 e. The zero-order valence-corrected chi connectivity index (χ0v) is 7.75. The maximum atomic E-state index is 10.6. The van der Waals surface area contributed by atoms with Crippen molar-refractivity contribution >= 4 is 5.97 Å². The fraction of sp³-hybridized carbons (Fsp3) is 0.700. The van der Waals surface area contributed by atoms with E-state index < -0.39 is 17.7 Å². The van der Waals surface area contributed by atoms with Crippen molar-refractivity contribution in [3.8, 4) is 12.3 Å². The number of hydrogen-bond acceptors (Lipinski definition) is 2. The standard InChI is InChI=1S/C10H14O3/c1-3-10(6-4-5-7-10)13-8(2)9(11)12/h1,8H,4-7H2,2H3,(H,11,12). The topological polar surface area (TPSA) is 46.5 Å². The summed E-state index contributed by atoms with van der Waals surface area (Å²) in [5.41, 5.74) is -0.613. The van der Waals surface area contributed by atoms with Crippen LogP contribution in [0.2, 0.25) is 0 Å². The number of terminal acetylenes is 1. The van der Waals surface area contributed by atoms with E-state index in [1.54, 1.807) is 0 Å². The van der Waals surface area contributed by atoms with Gasteiger partial charge in [-0.25, -0.2) is 4.79 Å². The van der Waals surface area contributed by atoms with Gasteiger partial charge in [0, 0.05) is 0 Å². The van der Waals surface area contributed by atoms with Crippen LogP contribution in [0.1, 0.15) is 32.6 Å². The van der Waals surface area contributed by atoms with Gasteiger partial charge in [0.25, 0.3) is 0 Å². The quantitative estimate of drug-likeness (QED) is 0.671. The summed E-state index contributed by atoms with van der Waals surface area (Å²) in [7, 11) is 0. The van der Waals surface area contributed by atoms with Gasteiger partial charge in [-0.1, -0.05) is 5.92 Å². The Balaban J connectivity index is 2.59. The van der Waals surface area contributed by atoms with E-state index in [1.165, 1.54) is 6.92 Å². The first-order valence-corrected chi connectivity index (χ1v) is 4.48. The van der Waals surface area contributed by atoms with Gasteiger partial charge in [-0.3, -0.25) is 0 Å². The van der Waals surface area contributed by atoms with Crippen LogP contribution in [0.3, 0.4) is 0 Å². The van der Waals surface area contributed by atoms with Crippen LogP contribution < -0.4 is 0 Å².